The average molecular weight is 361 g/mol. The second-order valence-corrected chi connectivity index (χ2v) is 7.31. The lowest BCUT2D eigenvalue weighted by atomic mass is 10.1. The first-order valence-corrected chi connectivity index (χ1v) is 9.64. The molecule has 0 spiro atoms. The molecule has 2 fully saturated rings. The van der Waals surface area contributed by atoms with Crippen LogP contribution in [-0.4, -0.2) is 80.8 Å². The molecule has 0 saturated carbocycles. The van der Waals surface area contributed by atoms with Crippen LogP contribution >= 0.6 is 0 Å². The van der Waals surface area contributed by atoms with E-state index in [9.17, 15) is 4.79 Å². The first-order chi connectivity index (χ1) is 12.7. The molecule has 3 rings (SSSR count). The molecule has 144 valence electrons. The number of likely N-dealkylation sites (N-methyl/N-ethyl adjacent to an activating group) is 1. The topological polar surface area (TPSA) is 54.0 Å². The SMILES string of the molecule is CN1CCCN(CC(=O)N[C@@H]2COCC[C@@H]2OCc2ccccc2)CC1. The Labute approximate surface area is 156 Å². The van der Waals surface area contributed by atoms with Crippen LogP contribution in [0.1, 0.15) is 18.4 Å². The number of hydrogen-bond donors (Lipinski definition) is 1. The summed E-state index contributed by atoms with van der Waals surface area (Å²) in [7, 11) is 2.14. The molecule has 0 aliphatic carbocycles. The summed E-state index contributed by atoms with van der Waals surface area (Å²) >= 11 is 0. The number of nitrogens with zero attached hydrogens (tertiary/aromatic N) is 2. The van der Waals surface area contributed by atoms with Crippen molar-refractivity contribution in [3.63, 3.8) is 0 Å². The maximum atomic E-state index is 12.5. The van der Waals surface area contributed by atoms with E-state index in [4.69, 9.17) is 9.47 Å². The minimum atomic E-state index is -0.0744. The van der Waals surface area contributed by atoms with Crippen molar-refractivity contribution in [2.45, 2.75) is 31.6 Å². The van der Waals surface area contributed by atoms with Gasteiger partial charge in [-0.1, -0.05) is 30.3 Å². The fourth-order valence-corrected chi connectivity index (χ4v) is 3.54. The van der Waals surface area contributed by atoms with Crippen LogP contribution in [-0.2, 0) is 20.9 Å². The van der Waals surface area contributed by atoms with Crippen molar-refractivity contribution in [1.29, 1.82) is 0 Å². The molecule has 6 nitrogen and oxygen atoms in total. The molecule has 0 radical (unpaired) electrons. The molecule has 1 aromatic carbocycles. The summed E-state index contributed by atoms with van der Waals surface area (Å²) in [6.07, 6.45) is 1.92. The summed E-state index contributed by atoms with van der Waals surface area (Å²) in [5.41, 5.74) is 1.15. The number of carbonyl (C=O) groups excluding carboxylic acids is 1. The van der Waals surface area contributed by atoms with Crippen molar-refractivity contribution in [1.82, 2.24) is 15.1 Å². The third-order valence-electron chi connectivity index (χ3n) is 5.13. The number of hydrogen-bond acceptors (Lipinski definition) is 5. The highest BCUT2D eigenvalue weighted by Crippen LogP contribution is 2.14. The van der Waals surface area contributed by atoms with E-state index >= 15 is 0 Å². The lowest BCUT2D eigenvalue weighted by Crippen LogP contribution is -2.52. The fourth-order valence-electron chi connectivity index (χ4n) is 3.54. The van der Waals surface area contributed by atoms with Gasteiger partial charge in [0, 0.05) is 19.7 Å². The Kier molecular flexibility index (Phi) is 7.43. The predicted octanol–water partition coefficient (Wildman–Crippen LogP) is 1.11. The maximum absolute atomic E-state index is 12.5. The number of rotatable bonds is 6. The van der Waals surface area contributed by atoms with Gasteiger partial charge >= 0.3 is 0 Å². The number of nitrogens with one attached hydrogen (secondary N) is 1. The first-order valence-electron chi connectivity index (χ1n) is 9.64. The normalized spacial score (nSPS) is 25.6. The minimum Gasteiger partial charge on any atom is -0.379 e. The molecule has 2 heterocycles. The first kappa shape index (κ1) is 19.3. The highest BCUT2D eigenvalue weighted by atomic mass is 16.5. The van der Waals surface area contributed by atoms with E-state index in [2.05, 4.69) is 34.3 Å². The summed E-state index contributed by atoms with van der Waals surface area (Å²) in [6, 6.07) is 10.1. The van der Waals surface area contributed by atoms with Gasteiger partial charge in [0.25, 0.3) is 0 Å². The van der Waals surface area contributed by atoms with Crippen LogP contribution in [0.5, 0.6) is 0 Å². The zero-order chi connectivity index (χ0) is 18.2. The van der Waals surface area contributed by atoms with Gasteiger partial charge in [-0.15, -0.1) is 0 Å². The molecule has 2 aliphatic rings. The maximum Gasteiger partial charge on any atom is 0.234 e. The number of benzene rings is 1. The number of amides is 1. The Morgan fingerprint density at radius 2 is 2.08 bits per heavy atom. The molecule has 6 heteroatoms. The highest BCUT2D eigenvalue weighted by molar-refractivity contribution is 5.78. The molecule has 0 aromatic heterocycles. The molecule has 0 unspecified atom stereocenters. The van der Waals surface area contributed by atoms with Crippen LogP contribution in [0.4, 0.5) is 0 Å². The van der Waals surface area contributed by atoms with Crippen molar-refractivity contribution < 1.29 is 14.3 Å². The van der Waals surface area contributed by atoms with Crippen molar-refractivity contribution >= 4 is 5.91 Å². The van der Waals surface area contributed by atoms with E-state index in [1.54, 1.807) is 0 Å². The van der Waals surface area contributed by atoms with E-state index in [1.165, 1.54) is 0 Å². The Bertz CT molecular complexity index is 554. The Morgan fingerprint density at radius 1 is 1.23 bits per heavy atom. The second kappa shape index (κ2) is 10.0. The summed E-state index contributed by atoms with van der Waals surface area (Å²) in [4.78, 5) is 17.1. The Balaban J connectivity index is 1.47. The molecule has 2 atom stereocenters. The molecule has 1 aromatic rings. The van der Waals surface area contributed by atoms with Crippen LogP contribution in [0.25, 0.3) is 0 Å². The number of ether oxygens (including phenoxy) is 2. The third-order valence-corrected chi connectivity index (χ3v) is 5.13. The summed E-state index contributed by atoms with van der Waals surface area (Å²) in [6.45, 7) is 6.27. The Hall–Kier alpha value is -1.47. The van der Waals surface area contributed by atoms with Crippen LogP contribution in [0, 0.1) is 0 Å². The monoisotopic (exact) mass is 361 g/mol. The van der Waals surface area contributed by atoms with Crippen LogP contribution < -0.4 is 5.32 Å². The van der Waals surface area contributed by atoms with Crippen molar-refractivity contribution in [3.05, 3.63) is 35.9 Å². The molecule has 2 saturated heterocycles. The zero-order valence-corrected chi connectivity index (χ0v) is 15.7. The lowest BCUT2D eigenvalue weighted by Gasteiger charge is -2.32. The second-order valence-electron chi connectivity index (χ2n) is 7.31. The molecule has 1 N–H and O–H groups in total. The highest BCUT2D eigenvalue weighted by Gasteiger charge is 2.28. The van der Waals surface area contributed by atoms with Gasteiger partial charge in [0.05, 0.1) is 31.9 Å². The van der Waals surface area contributed by atoms with Gasteiger partial charge in [-0.25, -0.2) is 0 Å². The molecule has 2 aliphatic heterocycles. The summed E-state index contributed by atoms with van der Waals surface area (Å²) in [5, 5.41) is 3.14. The van der Waals surface area contributed by atoms with Crippen molar-refractivity contribution in [2.24, 2.45) is 0 Å². The van der Waals surface area contributed by atoms with Gasteiger partial charge in [-0.3, -0.25) is 9.69 Å². The van der Waals surface area contributed by atoms with Crippen molar-refractivity contribution in [3.8, 4) is 0 Å². The Morgan fingerprint density at radius 3 is 2.92 bits per heavy atom. The molecule has 26 heavy (non-hydrogen) atoms. The summed E-state index contributed by atoms with van der Waals surface area (Å²) in [5.74, 6) is 0.0679. The average Bonchev–Trinajstić information content (AvgIpc) is 2.86. The van der Waals surface area contributed by atoms with Crippen LogP contribution in [0.15, 0.2) is 30.3 Å². The zero-order valence-electron chi connectivity index (χ0n) is 15.7. The molecular formula is C20H31N3O3. The van der Waals surface area contributed by atoms with Crippen molar-refractivity contribution in [2.75, 3.05) is 53.0 Å². The van der Waals surface area contributed by atoms with Gasteiger partial charge in [-0.2, -0.15) is 0 Å². The molecule has 0 bridgehead atoms. The van der Waals surface area contributed by atoms with Gasteiger partial charge in [0.2, 0.25) is 5.91 Å². The van der Waals surface area contributed by atoms with E-state index in [0.717, 1.165) is 44.6 Å². The van der Waals surface area contributed by atoms with Gasteiger partial charge in [-0.05, 0) is 38.5 Å². The minimum absolute atomic E-state index is 0.00294. The largest absolute Gasteiger partial charge is 0.379 e. The molecular weight excluding hydrogens is 330 g/mol. The van der Waals surface area contributed by atoms with Gasteiger partial charge in [0.15, 0.2) is 0 Å². The quantitative estimate of drug-likeness (QED) is 0.823. The van der Waals surface area contributed by atoms with E-state index in [0.29, 0.717) is 26.4 Å². The van der Waals surface area contributed by atoms with E-state index in [-0.39, 0.29) is 18.1 Å². The lowest BCUT2D eigenvalue weighted by molar-refractivity contribution is -0.127. The standard InChI is InChI=1S/C20H31N3O3/c1-22-9-5-10-23(12-11-22)14-20(24)21-18-16-25-13-8-19(18)26-15-17-6-3-2-4-7-17/h2-4,6-7,18-19H,5,8-16H2,1H3,(H,21,24)/t18-,19+/m1/s1. The van der Waals surface area contributed by atoms with E-state index < -0.39 is 0 Å². The summed E-state index contributed by atoms with van der Waals surface area (Å²) < 4.78 is 11.7. The molecule has 1 amide bonds. The predicted molar refractivity (Wildman–Crippen MR) is 101 cm³/mol. The smallest absolute Gasteiger partial charge is 0.234 e. The van der Waals surface area contributed by atoms with Crippen LogP contribution in [0.3, 0.4) is 0 Å². The third kappa shape index (κ3) is 6.06. The van der Waals surface area contributed by atoms with Gasteiger partial charge in [0.1, 0.15) is 0 Å². The fraction of sp³-hybridized carbons (Fsp3) is 0.650. The number of carbonyl (C=O) groups is 1. The van der Waals surface area contributed by atoms with Gasteiger partial charge < -0.3 is 19.7 Å². The van der Waals surface area contributed by atoms with E-state index in [1.807, 2.05) is 18.2 Å². The van der Waals surface area contributed by atoms with Crippen LogP contribution in [0.2, 0.25) is 0 Å².